The smallest absolute Gasteiger partial charge is 0.261 e. The first-order valence-corrected chi connectivity index (χ1v) is 7.13. The molecule has 0 spiro atoms. The first kappa shape index (κ1) is 11.9. The van der Waals surface area contributed by atoms with Gasteiger partial charge >= 0.3 is 0 Å². The zero-order valence-corrected chi connectivity index (χ0v) is 11.9. The van der Waals surface area contributed by atoms with Crippen LogP contribution in [0.4, 0.5) is 5.69 Å². The minimum atomic E-state index is -0.115. The van der Waals surface area contributed by atoms with E-state index >= 15 is 0 Å². The van der Waals surface area contributed by atoms with Gasteiger partial charge in [0.15, 0.2) is 0 Å². The van der Waals surface area contributed by atoms with Gasteiger partial charge in [-0.25, -0.2) is 4.90 Å². The van der Waals surface area contributed by atoms with E-state index in [1.54, 1.807) is 0 Å². The molecule has 0 atom stereocenters. The van der Waals surface area contributed by atoms with E-state index in [4.69, 9.17) is 0 Å². The number of benzene rings is 1. The summed E-state index contributed by atoms with van der Waals surface area (Å²) in [5.41, 5.74) is 2.16. The van der Waals surface area contributed by atoms with E-state index in [0.717, 1.165) is 40.4 Å². The maximum Gasteiger partial charge on any atom is 0.261 e. The number of hydrogen-bond acceptors (Lipinski definition) is 2. The fraction of sp³-hybridized carbons (Fsp3) is 0.286. The number of imide groups is 1. The molecule has 0 aromatic heterocycles. The second-order valence-electron chi connectivity index (χ2n) is 4.59. The molecule has 1 aliphatic heterocycles. The molecule has 1 aromatic carbocycles. The highest BCUT2D eigenvalue weighted by molar-refractivity contribution is 14.1. The van der Waals surface area contributed by atoms with Crippen molar-refractivity contribution < 1.29 is 9.59 Å². The minimum Gasteiger partial charge on any atom is -0.269 e. The van der Waals surface area contributed by atoms with Crippen LogP contribution in [0.5, 0.6) is 0 Å². The number of carbonyl (C=O) groups is 2. The normalized spacial score (nSPS) is 19.5. The maximum absolute atomic E-state index is 12.3. The quantitative estimate of drug-likeness (QED) is 0.575. The second-order valence-corrected chi connectivity index (χ2v) is 5.83. The molecule has 1 aromatic rings. The third-order valence-electron chi connectivity index (χ3n) is 3.48. The molecule has 0 bridgehead atoms. The number of anilines is 1. The zero-order chi connectivity index (χ0) is 12.7. The van der Waals surface area contributed by atoms with E-state index in [1.165, 1.54) is 4.90 Å². The SMILES string of the molecule is O=C1C2=C(CCCC2)C(=O)N1c1ccc(I)cc1. The topological polar surface area (TPSA) is 37.4 Å². The highest BCUT2D eigenvalue weighted by Gasteiger charge is 2.39. The van der Waals surface area contributed by atoms with Gasteiger partial charge in [-0.15, -0.1) is 0 Å². The van der Waals surface area contributed by atoms with Crippen LogP contribution in [0.2, 0.25) is 0 Å². The molecule has 1 heterocycles. The zero-order valence-electron chi connectivity index (χ0n) is 9.78. The summed E-state index contributed by atoms with van der Waals surface area (Å²) >= 11 is 2.20. The van der Waals surface area contributed by atoms with Gasteiger partial charge < -0.3 is 0 Å². The van der Waals surface area contributed by atoms with Crippen molar-refractivity contribution >= 4 is 40.1 Å². The van der Waals surface area contributed by atoms with Crippen LogP contribution in [0, 0.1) is 3.57 Å². The molecule has 3 nitrogen and oxygen atoms in total. The van der Waals surface area contributed by atoms with Gasteiger partial charge in [-0.3, -0.25) is 9.59 Å². The van der Waals surface area contributed by atoms with Gasteiger partial charge in [-0.1, -0.05) is 0 Å². The Bertz CT molecular complexity index is 532. The Morgan fingerprint density at radius 1 is 0.889 bits per heavy atom. The molecule has 18 heavy (non-hydrogen) atoms. The molecule has 3 rings (SSSR count). The standard InChI is InChI=1S/C14H12INO2/c15-9-5-7-10(8-6-9)16-13(17)11-3-1-2-4-12(11)14(16)18/h5-8H,1-4H2. The van der Waals surface area contributed by atoms with E-state index in [2.05, 4.69) is 22.6 Å². The molecule has 0 saturated heterocycles. The Morgan fingerprint density at radius 3 is 1.89 bits per heavy atom. The van der Waals surface area contributed by atoms with Crippen LogP contribution in [0.15, 0.2) is 35.4 Å². The molecular weight excluding hydrogens is 341 g/mol. The van der Waals surface area contributed by atoms with E-state index in [-0.39, 0.29) is 11.8 Å². The third kappa shape index (κ3) is 1.79. The first-order chi connectivity index (χ1) is 8.68. The van der Waals surface area contributed by atoms with Gasteiger partial charge in [0.2, 0.25) is 0 Å². The van der Waals surface area contributed by atoms with Crippen molar-refractivity contribution in [2.24, 2.45) is 0 Å². The number of halogens is 1. The number of carbonyl (C=O) groups excluding carboxylic acids is 2. The van der Waals surface area contributed by atoms with Gasteiger partial charge in [0.1, 0.15) is 0 Å². The molecule has 2 aliphatic rings. The number of rotatable bonds is 1. The van der Waals surface area contributed by atoms with Gasteiger partial charge in [0.25, 0.3) is 11.8 Å². The highest BCUT2D eigenvalue weighted by Crippen LogP contribution is 2.35. The Labute approximate surface area is 119 Å². The maximum atomic E-state index is 12.3. The number of nitrogens with zero attached hydrogens (tertiary/aromatic N) is 1. The Morgan fingerprint density at radius 2 is 1.39 bits per heavy atom. The fourth-order valence-corrected chi connectivity index (χ4v) is 2.92. The predicted molar refractivity (Wildman–Crippen MR) is 77.1 cm³/mol. The van der Waals surface area contributed by atoms with Crippen LogP contribution in [0.25, 0.3) is 0 Å². The molecule has 0 fully saturated rings. The summed E-state index contributed by atoms with van der Waals surface area (Å²) in [7, 11) is 0. The van der Waals surface area contributed by atoms with Crippen LogP contribution in [0.3, 0.4) is 0 Å². The molecule has 0 saturated carbocycles. The Balaban J connectivity index is 1.99. The molecule has 0 radical (unpaired) electrons. The lowest BCUT2D eigenvalue weighted by Gasteiger charge is -2.14. The van der Waals surface area contributed by atoms with Crippen molar-refractivity contribution in [3.63, 3.8) is 0 Å². The Hall–Kier alpha value is -1.17. The molecule has 92 valence electrons. The van der Waals surface area contributed by atoms with E-state index in [1.807, 2.05) is 24.3 Å². The van der Waals surface area contributed by atoms with Crippen molar-refractivity contribution in [2.45, 2.75) is 25.7 Å². The van der Waals surface area contributed by atoms with Crippen LogP contribution >= 0.6 is 22.6 Å². The summed E-state index contributed by atoms with van der Waals surface area (Å²) in [6.07, 6.45) is 3.53. The largest absolute Gasteiger partial charge is 0.269 e. The summed E-state index contributed by atoms with van der Waals surface area (Å²) in [6, 6.07) is 7.48. The molecule has 0 N–H and O–H groups in total. The fourth-order valence-electron chi connectivity index (χ4n) is 2.56. The third-order valence-corrected chi connectivity index (χ3v) is 4.19. The average Bonchev–Trinajstić information content (AvgIpc) is 2.64. The molecule has 1 aliphatic carbocycles. The summed E-state index contributed by atoms with van der Waals surface area (Å²) in [4.78, 5) is 25.9. The lowest BCUT2D eigenvalue weighted by atomic mass is 9.93. The highest BCUT2D eigenvalue weighted by atomic mass is 127. The summed E-state index contributed by atoms with van der Waals surface area (Å²) in [5.74, 6) is -0.230. The van der Waals surface area contributed by atoms with Crippen LogP contribution in [-0.4, -0.2) is 11.8 Å². The number of amides is 2. The van der Waals surface area contributed by atoms with Crippen molar-refractivity contribution in [3.05, 3.63) is 39.0 Å². The van der Waals surface area contributed by atoms with Crippen molar-refractivity contribution in [1.82, 2.24) is 0 Å². The van der Waals surface area contributed by atoms with Crippen molar-refractivity contribution in [3.8, 4) is 0 Å². The number of hydrogen-bond donors (Lipinski definition) is 0. The van der Waals surface area contributed by atoms with Gasteiger partial charge in [-0.2, -0.15) is 0 Å². The van der Waals surface area contributed by atoms with Crippen molar-refractivity contribution in [2.75, 3.05) is 4.90 Å². The minimum absolute atomic E-state index is 0.115. The first-order valence-electron chi connectivity index (χ1n) is 6.05. The van der Waals surface area contributed by atoms with Crippen molar-refractivity contribution in [1.29, 1.82) is 0 Å². The van der Waals surface area contributed by atoms with Crippen LogP contribution in [0.1, 0.15) is 25.7 Å². The summed E-state index contributed by atoms with van der Waals surface area (Å²) in [6.45, 7) is 0. The van der Waals surface area contributed by atoms with Crippen LogP contribution < -0.4 is 4.90 Å². The molecule has 4 heteroatoms. The van der Waals surface area contributed by atoms with Gasteiger partial charge in [0, 0.05) is 14.7 Å². The second kappa shape index (κ2) is 4.50. The van der Waals surface area contributed by atoms with E-state index in [9.17, 15) is 9.59 Å². The predicted octanol–water partition coefficient (Wildman–Crippen LogP) is 3.04. The molecule has 2 amide bonds. The summed E-state index contributed by atoms with van der Waals surface area (Å²) < 4.78 is 1.09. The van der Waals surface area contributed by atoms with E-state index < -0.39 is 0 Å². The molecule has 0 unspecified atom stereocenters. The van der Waals surface area contributed by atoms with Crippen LogP contribution in [-0.2, 0) is 9.59 Å². The van der Waals surface area contributed by atoms with E-state index in [0.29, 0.717) is 5.69 Å². The Kier molecular flexibility index (Phi) is 2.97. The lowest BCUT2D eigenvalue weighted by Crippen LogP contribution is -2.31. The van der Waals surface area contributed by atoms with Gasteiger partial charge in [0.05, 0.1) is 5.69 Å². The monoisotopic (exact) mass is 353 g/mol. The summed E-state index contributed by atoms with van der Waals surface area (Å²) in [5, 5.41) is 0. The average molecular weight is 353 g/mol. The van der Waals surface area contributed by atoms with Gasteiger partial charge in [-0.05, 0) is 72.5 Å². The molecular formula is C14H12INO2. The lowest BCUT2D eigenvalue weighted by molar-refractivity contribution is -0.120.